The van der Waals surface area contributed by atoms with Crippen molar-refractivity contribution in [3.63, 3.8) is 0 Å². The Hall–Kier alpha value is -4.42. The molecule has 0 N–H and O–H groups in total. The van der Waals surface area contributed by atoms with Crippen molar-refractivity contribution in [3.05, 3.63) is 118 Å². The second-order valence-corrected chi connectivity index (χ2v) is 32.2. The molecular formula is C87H120N2S3. The third kappa shape index (κ3) is 18.2. The average molecular weight is 1290 g/mol. The third-order valence-corrected chi connectivity index (χ3v) is 25.2. The molecule has 4 aromatic carbocycles. The Balaban J connectivity index is 1.01. The lowest BCUT2D eigenvalue weighted by Crippen LogP contribution is -2.25. The standard InChI is InChI=1S/C87H120N2S3/c1-7-11-15-19-23-27-31-35-39-43-49-69-62-66(6)90-83(69)85-81-82(89-80-74-54-48-52-67-51-47-53-73(78(67)74)79(80)88-81)86(92-85)84-70(50-44-40-36-32-28-24-20-16-12-8-2)64-77(91-84)68-56-58-72-71-57-55-65(5)61-75(71)87(76(72)63-68,59-45-41-37-33-29-25-21-17-13-9-3)60-46-42-38-34-30-26-22-18-14-10-4/h47-48,51-58,61-64H,7-46,49-50,59-60H2,1-6H3. The van der Waals surface area contributed by atoms with Crippen molar-refractivity contribution in [3.8, 4) is 63.6 Å². The van der Waals surface area contributed by atoms with Crippen molar-refractivity contribution in [2.75, 3.05) is 0 Å². The maximum atomic E-state index is 5.95. The largest absolute Gasteiger partial charge is 0.242 e. The molecule has 2 aliphatic carbocycles. The van der Waals surface area contributed by atoms with Gasteiger partial charge in [0, 0.05) is 36.6 Å². The number of rotatable bonds is 47. The molecule has 0 atom stereocenters. The number of hydrogen-bond donors (Lipinski definition) is 0. The summed E-state index contributed by atoms with van der Waals surface area (Å²) in [6.07, 6.45) is 59.4. The van der Waals surface area contributed by atoms with Gasteiger partial charge in [-0.05, 0) is 115 Å². The smallest absolute Gasteiger partial charge is 0.110 e. The van der Waals surface area contributed by atoms with Crippen LogP contribution in [-0.4, -0.2) is 9.97 Å². The summed E-state index contributed by atoms with van der Waals surface area (Å²) < 4.78 is 0. The topological polar surface area (TPSA) is 25.8 Å². The van der Waals surface area contributed by atoms with Gasteiger partial charge in [0.05, 0.1) is 26.0 Å². The molecule has 0 radical (unpaired) electrons. The zero-order valence-corrected chi connectivity index (χ0v) is 61.3. The van der Waals surface area contributed by atoms with E-state index >= 15 is 0 Å². The zero-order valence-electron chi connectivity index (χ0n) is 58.8. The van der Waals surface area contributed by atoms with Crippen LogP contribution >= 0.6 is 34.0 Å². The van der Waals surface area contributed by atoms with Gasteiger partial charge in [0.2, 0.25) is 0 Å². The van der Waals surface area contributed by atoms with E-state index in [0.717, 1.165) is 35.3 Å². The van der Waals surface area contributed by atoms with Gasteiger partial charge < -0.3 is 0 Å². The van der Waals surface area contributed by atoms with E-state index < -0.39 is 0 Å². The van der Waals surface area contributed by atoms with E-state index in [0.29, 0.717) is 0 Å². The van der Waals surface area contributed by atoms with Crippen LogP contribution in [0.3, 0.4) is 0 Å². The van der Waals surface area contributed by atoms with Crippen LogP contribution in [0, 0.1) is 13.8 Å². The van der Waals surface area contributed by atoms with E-state index in [1.54, 1.807) is 11.1 Å². The van der Waals surface area contributed by atoms with E-state index in [9.17, 15) is 0 Å². The first-order chi connectivity index (χ1) is 45.4. The van der Waals surface area contributed by atoms with Gasteiger partial charge in [0.1, 0.15) is 11.0 Å². The van der Waals surface area contributed by atoms with E-state index in [-0.39, 0.29) is 5.41 Å². The van der Waals surface area contributed by atoms with Crippen molar-refractivity contribution in [2.45, 2.75) is 329 Å². The molecule has 496 valence electrons. The van der Waals surface area contributed by atoms with Crippen LogP contribution in [-0.2, 0) is 18.3 Å². The molecule has 0 saturated heterocycles. The predicted molar refractivity (Wildman–Crippen MR) is 411 cm³/mol. The first-order valence-corrected chi connectivity index (χ1v) is 41.2. The summed E-state index contributed by atoms with van der Waals surface area (Å²) in [6.45, 7) is 14.0. The number of hydrogen-bond acceptors (Lipinski definition) is 5. The van der Waals surface area contributed by atoms with Crippen LogP contribution in [0.1, 0.15) is 330 Å². The second-order valence-electron chi connectivity index (χ2n) is 28.9. The molecule has 8 aromatic rings. The highest BCUT2D eigenvalue weighted by molar-refractivity contribution is 7.28. The fraction of sp³-hybridized carbons (Fsp3) is 0.586. The van der Waals surface area contributed by atoms with Gasteiger partial charge in [-0.25, -0.2) is 9.97 Å². The summed E-state index contributed by atoms with van der Waals surface area (Å²) in [7, 11) is 0. The molecule has 92 heavy (non-hydrogen) atoms. The van der Waals surface area contributed by atoms with Gasteiger partial charge in [-0.3, -0.25) is 0 Å². The van der Waals surface area contributed by atoms with E-state index in [4.69, 9.17) is 9.97 Å². The van der Waals surface area contributed by atoms with Gasteiger partial charge in [0.25, 0.3) is 0 Å². The minimum Gasteiger partial charge on any atom is -0.242 e. The number of aromatic nitrogens is 2. The lowest BCUT2D eigenvalue weighted by atomic mass is 9.70. The minimum absolute atomic E-state index is 0.0333. The summed E-state index contributed by atoms with van der Waals surface area (Å²) in [6, 6.07) is 34.2. The van der Waals surface area contributed by atoms with Gasteiger partial charge >= 0.3 is 0 Å². The van der Waals surface area contributed by atoms with E-state index in [1.165, 1.54) is 354 Å². The normalized spacial score (nSPS) is 12.9. The fourth-order valence-corrected chi connectivity index (χ4v) is 19.9. The number of benzene rings is 4. The number of fused-ring (bicyclic) bond motifs is 7. The maximum absolute atomic E-state index is 5.95. The second kappa shape index (κ2) is 37.2. The Bertz CT molecular complexity index is 3480. The Kier molecular flexibility index (Phi) is 28.5. The Labute approximate surface area is 572 Å². The molecule has 5 heteroatoms. The van der Waals surface area contributed by atoms with Gasteiger partial charge in [-0.2, -0.15) is 0 Å². The molecule has 10 rings (SSSR count). The summed E-state index contributed by atoms with van der Waals surface area (Å²) in [5.74, 6) is 0. The van der Waals surface area contributed by atoms with Gasteiger partial charge in [0.15, 0.2) is 0 Å². The Morgan fingerprint density at radius 2 is 0.728 bits per heavy atom. The van der Waals surface area contributed by atoms with E-state index in [1.807, 2.05) is 22.7 Å². The minimum atomic E-state index is 0.0333. The number of nitrogens with zero attached hydrogens (tertiary/aromatic N) is 2. The number of unbranched alkanes of at least 4 members (excludes halogenated alkanes) is 36. The molecule has 0 fully saturated rings. The molecular weight excluding hydrogens is 1170 g/mol. The molecule has 0 amide bonds. The van der Waals surface area contributed by atoms with Crippen LogP contribution in [0.2, 0.25) is 0 Å². The van der Waals surface area contributed by atoms with Crippen LogP contribution in [0.25, 0.3) is 85.4 Å². The molecule has 0 bridgehead atoms. The van der Waals surface area contributed by atoms with Crippen LogP contribution in [0.4, 0.5) is 0 Å². The quantitative estimate of drug-likeness (QED) is 0.0355. The van der Waals surface area contributed by atoms with Gasteiger partial charge in [-0.1, -0.05) is 344 Å². The van der Waals surface area contributed by atoms with Gasteiger partial charge in [-0.15, -0.1) is 34.0 Å². The highest BCUT2D eigenvalue weighted by Gasteiger charge is 2.43. The Morgan fingerprint density at radius 1 is 0.337 bits per heavy atom. The van der Waals surface area contributed by atoms with Crippen LogP contribution < -0.4 is 0 Å². The third-order valence-electron chi connectivity index (χ3n) is 21.4. The van der Waals surface area contributed by atoms with Crippen molar-refractivity contribution >= 4 is 55.8 Å². The highest BCUT2D eigenvalue weighted by Crippen LogP contribution is 2.57. The average Bonchev–Trinajstić information content (AvgIpc) is 1.57. The van der Waals surface area contributed by atoms with Crippen molar-refractivity contribution < 1.29 is 0 Å². The molecule has 2 nitrogen and oxygen atoms in total. The van der Waals surface area contributed by atoms with Crippen molar-refractivity contribution in [2.24, 2.45) is 0 Å². The number of thiophene rings is 3. The zero-order chi connectivity index (χ0) is 63.7. The molecule has 0 saturated carbocycles. The number of aryl methyl sites for hydroxylation is 4. The molecule has 0 aliphatic heterocycles. The molecule has 0 unspecified atom stereocenters. The predicted octanol–water partition coefficient (Wildman–Crippen LogP) is 30.0. The molecule has 2 aliphatic rings. The summed E-state index contributed by atoms with van der Waals surface area (Å²) in [4.78, 5) is 20.2. The first-order valence-electron chi connectivity index (χ1n) is 38.7. The summed E-state index contributed by atoms with van der Waals surface area (Å²) >= 11 is 6.09. The van der Waals surface area contributed by atoms with Crippen LogP contribution in [0.5, 0.6) is 0 Å². The monoisotopic (exact) mass is 1290 g/mol. The first kappa shape index (κ1) is 70.4. The SMILES string of the molecule is CCCCCCCCCCCCc1cc(C)sc1-c1sc(-c2sc(-c3ccc4c(c3)C(CCCCCCCCCCCC)(CCCCCCCCCCCC)c3cc(C)ccc3-4)cc2CCCCCCCCCCCC)c2nc3c(nc12)-c1cccc2cccc-3c12. The highest BCUT2D eigenvalue weighted by atomic mass is 32.1. The van der Waals surface area contributed by atoms with Crippen molar-refractivity contribution in [1.82, 2.24) is 9.97 Å². The van der Waals surface area contributed by atoms with Crippen molar-refractivity contribution in [1.29, 1.82) is 0 Å². The lowest BCUT2D eigenvalue weighted by Gasteiger charge is -2.33. The van der Waals surface area contributed by atoms with Crippen LogP contribution in [0.15, 0.2) is 84.9 Å². The fourth-order valence-electron chi connectivity index (χ4n) is 16.1. The molecule has 4 heterocycles. The summed E-state index contributed by atoms with van der Waals surface area (Å²) in [5.41, 5.74) is 18.9. The molecule has 4 aromatic heterocycles. The Morgan fingerprint density at radius 3 is 1.18 bits per heavy atom. The molecule has 0 spiro atoms. The lowest BCUT2D eigenvalue weighted by molar-refractivity contribution is 0.397. The van der Waals surface area contributed by atoms with E-state index in [2.05, 4.69) is 138 Å². The summed E-state index contributed by atoms with van der Waals surface area (Å²) in [5, 5.41) is 2.59. The maximum Gasteiger partial charge on any atom is 0.110 e.